The van der Waals surface area contributed by atoms with Crippen molar-refractivity contribution in [1.82, 2.24) is 4.98 Å². The molecular formula is C12H18N4O3. The highest BCUT2D eigenvalue weighted by atomic mass is 16.6. The van der Waals surface area contributed by atoms with Crippen molar-refractivity contribution in [2.45, 2.75) is 25.0 Å². The van der Waals surface area contributed by atoms with E-state index in [4.69, 9.17) is 10.5 Å². The number of anilines is 1. The highest BCUT2D eigenvalue weighted by molar-refractivity contribution is 5.48. The van der Waals surface area contributed by atoms with Crippen LogP contribution >= 0.6 is 0 Å². The Kier molecular flexibility index (Phi) is 4.28. The molecular weight excluding hydrogens is 248 g/mol. The van der Waals surface area contributed by atoms with Crippen LogP contribution in [0.4, 0.5) is 11.5 Å². The van der Waals surface area contributed by atoms with Crippen molar-refractivity contribution in [3.05, 3.63) is 28.4 Å². The fourth-order valence-corrected chi connectivity index (χ4v) is 2.45. The van der Waals surface area contributed by atoms with Gasteiger partial charge in [-0.05, 0) is 28.8 Å². The maximum atomic E-state index is 10.6. The number of hydrogen-bond donors (Lipinski definition) is 1. The molecule has 0 radical (unpaired) electrons. The number of nitrogens with zero attached hydrogens (tertiary/aromatic N) is 3. The summed E-state index contributed by atoms with van der Waals surface area (Å²) in [5.74, 6) is -0.139. The Hall–Kier alpha value is -1.73. The molecule has 7 nitrogen and oxygen atoms in total. The zero-order valence-corrected chi connectivity index (χ0v) is 10.9. The minimum absolute atomic E-state index is 0.139. The zero-order valence-electron chi connectivity index (χ0n) is 10.9. The fraction of sp³-hybridized carbons (Fsp3) is 0.583. The summed E-state index contributed by atoms with van der Waals surface area (Å²) in [7, 11) is 1.71. The number of hydrogen-bond acceptors (Lipinski definition) is 6. The molecule has 2 rings (SSSR count). The molecule has 1 fully saturated rings. The quantitative estimate of drug-likeness (QED) is 0.643. The van der Waals surface area contributed by atoms with E-state index in [0.717, 1.165) is 25.1 Å². The van der Waals surface area contributed by atoms with Gasteiger partial charge in [-0.2, -0.15) is 0 Å². The van der Waals surface area contributed by atoms with Crippen molar-refractivity contribution in [2.75, 3.05) is 25.1 Å². The summed E-state index contributed by atoms with van der Waals surface area (Å²) in [6.45, 7) is 1.34. The molecule has 1 aliphatic heterocycles. The van der Waals surface area contributed by atoms with Crippen LogP contribution in [0, 0.1) is 10.1 Å². The molecule has 1 aliphatic rings. The maximum Gasteiger partial charge on any atom is 0.363 e. The Labute approximate surface area is 111 Å². The van der Waals surface area contributed by atoms with Crippen LogP contribution in [0.1, 0.15) is 12.8 Å². The summed E-state index contributed by atoms with van der Waals surface area (Å²) in [5, 5.41) is 10.6. The van der Waals surface area contributed by atoms with Gasteiger partial charge in [-0.1, -0.05) is 0 Å². The van der Waals surface area contributed by atoms with Crippen LogP contribution in [0.3, 0.4) is 0 Å². The first-order chi connectivity index (χ1) is 9.15. The van der Waals surface area contributed by atoms with Crippen LogP contribution in [0.5, 0.6) is 0 Å². The van der Waals surface area contributed by atoms with Crippen LogP contribution in [-0.4, -0.2) is 42.3 Å². The third-order valence-electron chi connectivity index (χ3n) is 3.52. The van der Waals surface area contributed by atoms with Crippen LogP contribution in [0.15, 0.2) is 18.3 Å². The minimum atomic E-state index is -0.499. The maximum absolute atomic E-state index is 10.6. The second-order valence-corrected chi connectivity index (χ2v) is 4.60. The van der Waals surface area contributed by atoms with Crippen LogP contribution in [0.2, 0.25) is 0 Å². The Morgan fingerprint density at radius 1 is 1.63 bits per heavy atom. The van der Waals surface area contributed by atoms with E-state index in [-0.39, 0.29) is 18.0 Å². The number of ether oxygens (including phenoxy) is 1. The second-order valence-electron chi connectivity index (χ2n) is 4.60. The van der Waals surface area contributed by atoms with Crippen molar-refractivity contribution in [3.63, 3.8) is 0 Å². The predicted molar refractivity (Wildman–Crippen MR) is 71.1 cm³/mol. The first-order valence-electron chi connectivity index (χ1n) is 6.25. The van der Waals surface area contributed by atoms with Crippen molar-refractivity contribution in [1.29, 1.82) is 0 Å². The minimum Gasteiger partial charge on any atom is -0.381 e. The summed E-state index contributed by atoms with van der Waals surface area (Å²) in [5.41, 5.74) is 6.67. The number of nitro groups is 1. The van der Waals surface area contributed by atoms with Gasteiger partial charge >= 0.3 is 5.82 Å². The number of aromatic nitrogens is 1. The SMILES string of the molecule is COC1CCN(c2ccc([N+](=O)[O-])nc2)C(CN)C1. The van der Waals surface area contributed by atoms with Crippen LogP contribution in [-0.2, 0) is 4.74 Å². The molecule has 2 atom stereocenters. The fourth-order valence-electron chi connectivity index (χ4n) is 2.45. The number of methoxy groups -OCH3 is 1. The number of piperidine rings is 1. The van der Waals surface area contributed by atoms with E-state index in [2.05, 4.69) is 9.88 Å². The van der Waals surface area contributed by atoms with Crippen LogP contribution < -0.4 is 10.6 Å². The first-order valence-corrected chi connectivity index (χ1v) is 6.25. The van der Waals surface area contributed by atoms with Gasteiger partial charge in [0.1, 0.15) is 0 Å². The molecule has 2 N–H and O–H groups in total. The Balaban J connectivity index is 2.13. The van der Waals surface area contributed by atoms with Crippen molar-refractivity contribution >= 4 is 11.5 Å². The van der Waals surface area contributed by atoms with E-state index in [9.17, 15) is 10.1 Å². The smallest absolute Gasteiger partial charge is 0.363 e. The summed E-state index contributed by atoms with van der Waals surface area (Å²) in [4.78, 5) is 16.1. The van der Waals surface area contributed by atoms with E-state index in [1.165, 1.54) is 12.3 Å². The summed E-state index contributed by atoms with van der Waals surface area (Å²) in [6, 6.07) is 3.33. The van der Waals surface area contributed by atoms with E-state index >= 15 is 0 Å². The molecule has 0 aromatic carbocycles. The number of pyridine rings is 1. The van der Waals surface area contributed by atoms with E-state index < -0.39 is 4.92 Å². The molecule has 1 aromatic rings. The summed E-state index contributed by atoms with van der Waals surface area (Å²) < 4.78 is 5.37. The summed E-state index contributed by atoms with van der Waals surface area (Å²) in [6.07, 6.45) is 3.55. The molecule has 1 aromatic heterocycles. The van der Waals surface area contributed by atoms with Crippen LogP contribution in [0.25, 0.3) is 0 Å². The van der Waals surface area contributed by atoms with Crippen molar-refractivity contribution < 1.29 is 9.66 Å². The van der Waals surface area contributed by atoms with Gasteiger partial charge in [0.05, 0.1) is 11.8 Å². The average Bonchev–Trinajstić information content (AvgIpc) is 2.46. The lowest BCUT2D eigenvalue weighted by Gasteiger charge is -2.39. The molecule has 0 spiro atoms. The topological polar surface area (TPSA) is 94.5 Å². The third kappa shape index (κ3) is 2.99. The number of rotatable bonds is 4. The lowest BCUT2D eigenvalue weighted by atomic mass is 9.99. The molecule has 0 amide bonds. The van der Waals surface area contributed by atoms with Gasteiger partial charge in [-0.3, -0.25) is 0 Å². The standard InChI is InChI=1S/C12H18N4O3/c1-19-11-4-5-15(10(6-11)7-13)9-2-3-12(14-8-9)16(17)18/h2-3,8,10-11H,4-7,13H2,1H3. The van der Waals surface area contributed by atoms with E-state index in [1.54, 1.807) is 13.2 Å². The molecule has 1 saturated heterocycles. The van der Waals surface area contributed by atoms with Gasteiger partial charge in [0.2, 0.25) is 0 Å². The van der Waals surface area contributed by atoms with Gasteiger partial charge in [-0.25, -0.2) is 0 Å². The second kappa shape index (κ2) is 5.94. The highest BCUT2D eigenvalue weighted by Gasteiger charge is 2.28. The molecule has 104 valence electrons. The molecule has 2 unspecified atom stereocenters. The van der Waals surface area contributed by atoms with Gasteiger partial charge in [-0.15, -0.1) is 0 Å². The molecule has 7 heteroatoms. The largest absolute Gasteiger partial charge is 0.381 e. The third-order valence-corrected chi connectivity index (χ3v) is 3.52. The Morgan fingerprint density at radius 3 is 2.95 bits per heavy atom. The molecule has 0 saturated carbocycles. The number of nitrogens with two attached hydrogens (primary N) is 1. The Bertz CT molecular complexity index is 437. The predicted octanol–water partition coefficient (Wildman–Crippen LogP) is 0.932. The average molecular weight is 266 g/mol. The normalized spacial score (nSPS) is 23.4. The molecule has 0 aliphatic carbocycles. The zero-order chi connectivity index (χ0) is 13.8. The molecule has 2 heterocycles. The summed E-state index contributed by atoms with van der Waals surface area (Å²) >= 11 is 0. The van der Waals surface area contributed by atoms with Gasteiger partial charge in [0.25, 0.3) is 0 Å². The lowest BCUT2D eigenvalue weighted by Crippen LogP contribution is -2.48. The van der Waals surface area contributed by atoms with Gasteiger partial charge in [0.15, 0.2) is 6.20 Å². The van der Waals surface area contributed by atoms with Gasteiger partial charge < -0.3 is 25.5 Å². The van der Waals surface area contributed by atoms with Gasteiger partial charge in [0, 0.05) is 32.3 Å². The molecule has 19 heavy (non-hydrogen) atoms. The van der Waals surface area contributed by atoms with Crippen molar-refractivity contribution in [2.24, 2.45) is 5.73 Å². The Morgan fingerprint density at radius 2 is 2.42 bits per heavy atom. The van der Waals surface area contributed by atoms with Crippen molar-refractivity contribution in [3.8, 4) is 0 Å². The highest BCUT2D eigenvalue weighted by Crippen LogP contribution is 2.26. The van der Waals surface area contributed by atoms with E-state index in [0.29, 0.717) is 6.54 Å². The monoisotopic (exact) mass is 266 g/mol. The molecule has 0 bridgehead atoms. The van der Waals surface area contributed by atoms with E-state index in [1.807, 2.05) is 0 Å². The first kappa shape index (κ1) is 13.7. The lowest BCUT2D eigenvalue weighted by molar-refractivity contribution is -0.389.